The first-order valence-electron chi connectivity index (χ1n) is 9.80. The Morgan fingerprint density at radius 1 is 1.04 bits per heavy atom. The van der Waals surface area contributed by atoms with Crippen molar-refractivity contribution in [3.05, 3.63) is 42.4 Å². The van der Waals surface area contributed by atoms with Crippen LogP contribution in [-0.4, -0.2) is 72.3 Å². The average molecular weight is 368 g/mol. The molecule has 27 heavy (non-hydrogen) atoms. The van der Waals surface area contributed by atoms with Crippen molar-refractivity contribution < 1.29 is 4.74 Å². The van der Waals surface area contributed by atoms with Gasteiger partial charge in [0.05, 0.1) is 18.9 Å². The molecule has 2 aromatic rings. The Kier molecular flexibility index (Phi) is 5.79. The molecule has 4 rings (SSSR count). The van der Waals surface area contributed by atoms with Gasteiger partial charge in [-0.2, -0.15) is 4.98 Å². The highest BCUT2D eigenvalue weighted by atomic mass is 16.5. The summed E-state index contributed by atoms with van der Waals surface area (Å²) in [6.45, 7) is 6.33. The van der Waals surface area contributed by atoms with E-state index in [9.17, 15) is 0 Å². The van der Waals surface area contributed by atoms with Gasteiger partial charge in [0.15, 0.2) is 0 Å². The number of rotatable bonds is 5. The minimum absolute atomic E-state index is 0.512. The molecule has 7 nitrogen and oxygen atoms in total. The van der Waals surface area contributed by atoms with Gasteiger partial charge in [0, 0.05) is 58.2 Å². The molecule has 0 unspecified atom stereocenters. The fraction of sp³-hybridized carbons (Fsp3) is 0.550. The molecule has 2 fully saturated rings. The maximum Gasteiger partial charge on any atom is 0.227 e. The van der Waals surface area contributed by atoms with E-state index in [1.165, 1.54) is 0 Å². The van der Waals surface area contributed by atoms with Crippen LogP contribution in [0.2, 0.25) is 0 Å². The molecule has 4 heterocycles. The Labute approximate surface area is 161 Å². The Morgan fingerprint density at radius 2 is 1.85 bits per heavy atom. The number of ether oxygens (including phenoxy) is 1. The van der Waals surface area contributed by atoms with E-state index in [-0.39, 0.29) is 0 Å². The van der Waals surface area contributed by atoms with Crippen LogP contribution in [0.1, 0.15) is 18.5 Å². The number of nitrogens with zero attached hydrogens (tertiary/aromatic N) is 6. The Bertz CT molecular complexity index is 713. The first-order chi connectivity index (χ1) is 13.3. The summed E-state index contributed by atoms with van der Waals surface area (Å²) in [4.78, 5) is 20.8. The molecule has 0 amide bonds. The lowest BCUT2D eigenvalue weighted by atomic mass is 10.0. The van der Waals surface area contributed by atoms with Gasteiger partial charge in [-0.05, 0) is 31.0 Å². The van der Waals surface area contributed by atoms with Crippen molar-refractivity contribution in [1.82, 2.24) is 19.9 Å². The second-order valence-corrected chi connectivity index (χ2v) is 7.25. The van der Waals surface area contributed by atoms with Crippen LogP contribution in [0.25, 0.3) is 0 Å². The molecule has 0 N–H and O–H groups in total. The van der Waals surface area contributed by atoms with Gasteiger partial charge in [-0.3, -0.25) is 9.88 Å². The molecule has 0 aromatic carbocycles. The fourth-order valence-electron chi connectivity index (χ4n) is 3.82. The minimum Gasteiger partial charge on any atom is -0.378 e. The molecular formula is C20H28N6O. The topological polar surface area (TPSA) is 57.6 Å². The van der Waals surface area contributed by atoms with Crippen LogP contribution in [-0.2, 0) is 11.3 Å². The molecule has 0 atom stereocenters. The summed E-state index contributed by atoms with van der Waals surface area (Å²) in [5.41, 5.74) is 1.15. The van der Waals surface area contributed by atoms with E-state index in [0.717, 1.165) is 76.2 Å². The highest BCUT2D eigenvalue weighted by Gasteiger charge is 2.24. The smallest absolute Gasteiger partial charge is 0.227 e. The molecule has 7 heteroatoms. The van der Waals surface area contributed by atoms with E-state index < -0.39 is 0 Å². The Morgan fingerprint density at radius 3 is 2.59 bits per heavy atom. The standard InChI is InChI=1S/C20H28N6O/c1-24(19-5-9-22-20(23-19)26-12-14-27-15-13-26)18-6-10-25(11-7-18)16-17-4-2-3-8-21-17/h2-5,8-9,18H,6-7,10-16H2,1H3. The summed E-state index contributed by atoms with van der Waals surface area (Å²) in [7, 11) is 2.16. The lowest BCUT2D eigenvalue weighted by molar-refractivity contribution is 0.122. The summed E-state index contributed by atoms with van der Waals surface area (Å²) in [6, 6.07) is 8.66. The third-order valence-electron chi connectivity index (χ3n) is 5.50. The third-order valence-corrected chi connectivity index (χ3v) is 5.50. The fourth-order valence-corrected chi connectivity index (χ4v) is 3.82. The van der Waals surface area contributed by atoms with E-state index in [1.54, 1.807) is 0 Å². The van der Waals surface area contributed by atoms with Crippen LogP contribution in [0.5, 0.6) is 0 Å². The van der Waals surface area contributed by atoms with Crippen LogP contribution in [0.3, 0.4) is 0 Å². The van der Waals surface area contributed by atoms with Crippen LogP contribution in [0.4, 0.5) is 11.8 Å². The van der Waals surface area contributed by atoms with Crippen LogP contribution < -0.4 is 9.80 Å². The Balaban J connectivity index is 1.34. The summed E-state index contributed by atoms with van der Waals surface area (Å²) in [5.74, 6) is 1.82. The van der Waals surface area contributed by atoms with Crippen molar-refractivity contribution in [3.63, 3.8) is 0 Å². The summed E-state index contributed by atoms with van der Waals surface area (Å²) < 4.78 is 5.43. The van der Waals surface area contributed by atoms with E-state index in [2.05, 4.69) is 43.8 Å². The molecule has 144 valence electrons. The molecular weight excluding hydrogens is 340 g/mol. The zero-order valence-electron chi connectivity index (χ0n) is 16.0. The first kappa shape index (κ1) is 18.1. The molecule has 2 aliphatic rings. The van der Waals surface area contributed by atoms with Crippen molar-refractivity contribution in [1.29, 1.82) is 0 Å². The Hall–Kier alpha value is -2.25. The monoisotopic (exact) mass is 368 g/mol. The molecule has 0 bridgehead atoms. The van der Waals surface area contributed by atoms with Gasteiger partial charge < -0.3 is 14.5 Å². The number of hydrogen-bond acceptors (Lipinski definition) is 7. The van der Waals surface area contributed by atoms with E-state index >= 15 is 0 Å². The van der Waals surface area contributed by atoms with Crippen molar-refractivity contribution >= 4 is 11.8 Å². The molecule has 2 aliphatic heterocycles. The van der Waals surface area contributed by atoms with E-state index in [4.69, 9.17) is 9.72 Å². The van der Waals surface area contributed by atoms with Gasteiger partial charge in [0.2, 0.25) is 5.95 Å². The zero-order valence-corrected chi connectivity index (χ0v) is 16.0. The highest BCUT2D eigenvalue weighted by Crippen LogP contribution is 2.23. The first-order valence-corrected chi connectivity index (χ1v) is 9.80. The molecule has 0 spiro atoms. The van der Waals surface area contributed by atoms with E-state index in [1.807, 2.05) is 24.5 Å². The second-order valence-electron chi connectivity index (χ2n) is 7.25. The van der Waals surface area contributed by atoms with Crippen molar-refractivity contribution in [2.75, 3.05) is 56.2 Å². The summed E-state index contributed by atoms with van der Waals surface area (Å²) >= 11 is 0. The minimum atomic E-state index is 0.512. The quantitative estimate of drug-likeness (QED) is 0.798. The predicted octanol–water partition coefficient (Wildman–Crippen LogP) is 1.81. The third kappa shape index (κ3) is 4.54. The number of morpholine rings is 1. The zero-order chi connectivity index (χ0) is 18.5. The van der Waals surface area contributed by atoms with Crippen molar-refractivity contribution in [3.8, 4) is 0 Å². The van der Waals surface area contributed by atoms with Gasteiger partial charge in [0.1, 0.15) is 5.82 Å². The molecule has 2 saturated heterocycles. The number of aromatic nitrogens is 3. The molecule has 0 radical (unpaired) electrons. The van der Waals surface area contributed by atoms with Crippen LogP contribution in [0, 0.1) is 0 Å². The van der Waals surface area contributed by atoms with Gasteiger partial charge in [-0.1, -0.05) is 6.07 Å². The number of piperidine rings is 1. The molecule has 0 saturated carbocycles. The maximum absolute atomic E-state index is 5.43. The SMILES string of the molecule is CN(c1ccnc(N2CCOCC2)n1)C1CCN(Cc2ccccn2)CC1. The van der Waals surface area contributed by atoms with E-state index in [0.29, 0.717) is 6.04 Å². The largest absolute Gasteiger partial charge is 0.378 e. The predicted molar refractivity (Wildman–Crippen MR) is 106 cm³/mol. The highest BCUT2D eigenvalue weighted by molar-refractivity contribution is 5.44. The van der Waals surface area contributed by atoms with Gasteiger partial charge in [-0.25, -0.2) is 4.98 Å². The summed E-state index contributed by atoms with van der Waals surface area (Å²) in [6.07, 6.45) is 6.03. The van der Waals surface area contributed by atoms with Crippen LogP contribution >= 0.6 is 0 Å². The normalized spacial score (nSPS) is 19.2. The number of pyridine rings is 1. The van der Waals surface area contributed by atoms with Crippen molar-refractivity contribution in [2.45, 2.75) is 25.4 Å². The summed E-state index contributed by atoms with van der Waals surface area (Å²) in [5, 5.41) is 0. The lowest BCUT2D eigenvalue weighted by Gasteiger charge is -2.37. The molecule has 0 aliphatic carbocycles. The number of hydrogen-bond donors (Lipinski definition) is 0. The van der Waals surface area contributed by atoms with Gasteiger partial charge in [-0.15, -0.1) is 0 Å². The van der Waals surface area contributed by atoms with Gasteiger partial charge >= 0.3 is 0 Å². The van der Waals surface area contributed by atoms with Gasteiger partial charge in [0.25, 0.3) is 0 Å². The average Bonchev–Trinajstić information content (AvgIpc) is 2.75. The lowest BCUT2D eigenvalue weighted by Crippen LogP contribution is -2.43. The van der Waals surface area contributed by atoms with Crippen LogP contribution in [0.15, 0.2) is 36.7 Å². The number of likely N-dealkylation sites (tertiary alicyclic amines) is 1. The van der Waals surface area contributed by atoms with Crippen molar-refractivity contribution in [2.24, 2.45) is 0 Å². The maximum atomic E-state index is 5.43. The number of anilines is 2. The second kappa shape index (κ2) is 8.63. The molecule has 2 aromatic heterocycles.